The summed E-state index contributed by atoms with van der Waals surface area (Å²) in [4.78, 5) is 0. The van der Waals surface area contributed by atoms with Gasteiger partial charge in [-0.05, 0) is 31.9 Å². The monoisotopic (exact) mass is 402 g/mol. The van der Waals surface area contributed by atoms with Crippen LogP contribution in [0.5, 0.6) is 0 Å². The smallest absolute Gasteiger partial charge is 0.162 e. The molecule has 0 saturated heterocycles. The summed E-state index contributed by atoms with van der Waals surface area (Å²) in [5.41, 5.74) is 3.59. The Morgan fingerprint density at radius 2 is 1.39 bits per heavy atom. The Balaban J connectivity index is 1.90. The zero-order valence-corrected chi connectivity index (χ0v) is 19.8. The second-order valence-electron chi connectivity index (χ2n) is 8.40. The van der Waals surface area contributed by atoms with Crippen molar-refractivity contribution in [2.45, 2.75) is 90.8 Å². The standard InChI is InChI=1S/C25H42O2Si/c1-24(2)27-22-21-26-20-16-11-9-7-5-6-8-10-12-17-23-28(3,4)25-18-14-13-15-19-25/h13-15,18-19,24H,5-12,16,20-22H2,1-4H3. The van der Waals surface area contributed by atoms with Gasteiger partial charge in [-0.3, -0.25) is 0 Å². The Bertz CT molecular complexity index is 543. The normalized spacial score (nSPS) is 11.5. The highest BCUT2D eigenvalue weighted by atomic mass is 28.3. The van der Waals surface area contributed by atoms with E-state index in [0.717, 1.165) is 19.6 Å². The molecule has 28 heavy (non-hydrogen) atoms. The Morgan fingerprint density at radius 1 is 0.786 bits per heavy atom. The van der Waals surface area contributed by atoms with Crippen molar-refractivity contribution in [2.75, 3.05) is 19.8 Å². The largest absolute Gasteiger partial charge is 0.379 e. The Kier molecular flexibility index (Phi) is 14.1. The van der Waals surface area contributed by atoms with Crippen LogP contribution in [0, 0.1) is 11.5 Å². The molecule has 0 unspecified atom stereocenters. The Hall–Kier alpha value is -1.08. The van der Waals surface area contributed by atoms with Crippen LogP contribution in [-0.4, -0.2) is 34.0 Å². The third kappa shape index (κ3) is 13.2. The minimum atomic E-state index is -1.57. The highest BCUT2D eigenvalue weighted by Gasteiger charge is 2.19. The molecule has 158 valence electrons. The minimum Gasteiger partial charge on any atom is -0.379 e. The molecule has 2 nitrogen and oxygen atoms in total. The molecule has 1 aromatic rings. The predicted octanol–water partition coefficient (Wildman–Crippen LogP) is 6.10. The first kappa shape index (κ1) is 25.0. The van der Waals surface area contributed by atoms with Crippen LogP contribution in [-0.2, 0) is 9.47 Å². The van der Waals surface area contributed by atoms with Gasteiger partial charge < -0.3 is 9.47 Å². The van der Waals surface area contributed by atoms with Crippen LogP contribution < -0.4 is 5.19 Å². The van der Waals surface area contributed by atoms with Gasteiger partial charge in [-0.25, -0.2) is 0 Å². The molecule has 0 atom stereocenters. The molecule has 0 fully saturated rings. The summed E-state index contributed by atoms with van der Waals surface area (Å²) < 4.78 is 11.0. The first-order valence-electron chi connectivity index (χ1n) is 11.3. The van der Waals surface area contributed by atoms with Gasteiger partial charge in [0.1, 0.15) is 0 Å². The molecule has 0 amide bonds. The van der Waals surface area contributed by atoms with Crippen molar-refractivity contribution >= 4 is 13.3 Å². The summed E-state index contributed by atoms with van der Waals surface area (Å²) in [6, 6.07) is 10.8. The molecular weight excluding hydrogens is 360 g/mol. The van der Waals surface area contributed by atoms with Crippen molar-refractivity contribution in [3.05, 3.63) is 30.3 Å². The minimum absolute atomic E-state index is 0.304. The van der Waals surface area contributed by atoms with Crippen molar-refractivity contribution in [3.63, 3.8) is 0 Å². The van der Waals surface area contributed by atoms with E-state index in [1.54, 1.807) is 0 Å². The lowest BCUT2D eigenvalue weighted by atomic mass is 10.1. The Labute approximate surface area is 175 Å². The zero-order valence-electron chi connectivity index (χ0n) is 18.8. The van der Waals surface area contributed by atoms with E-state index in [-0.39, 0.29) is 0 Å². The molecule has 0 aliphatic heterocycles. The van der Waals surface area contributed by atoms with Crippen LogP contribution in [0.15, 0.2) is 30.3 Å². The number of unbranched alkanes of at least 4 members (excludes halogenated alkanes) is 8. The lowest BCUT2D eigenvalue weighted by Gasteiger charge is -2.14. The van der Waals surface area contributed by atoms with Crippen molar-refractivity contribution in [2.24, 2.45) is 0 Å². The highest BCUT2D eigenvalue weighted by molar-refractivity contribution is 6.96. The van der Waals surface area contributed by atoms with Crippen LogP contribution in [0.2, 0.25) is 13.1 Å². The van der Waals surface area contributed by atoms with Gasteiger partial charge in [-0.1, -0.05) is 82.0 Å². The van der Waals surface area contributed by atoms with E-state index in [9.17, 15) is 0 Å². The number of hydrogen-bond donors (Lipinski definition) is 0. The van der Waals surface area contributed by atoms with E-state index < -0.39 is 8.07 Å². The summed E-state index contributed by atoms with van der Waals surface area (Å²) in [6.07, 6.45) is 11.8. The van der Waals surface area contributed by atoms with Gasteiger partial charge in [0.05, 0.1) is 19.3 Å². The summed E-state index contributed by atoms with van der Waals surface area (Å²) in [5, 5.41) is 1.44. The molecule has 0 saturated carbocycles. The molecule has 0 spiro atoms. The fraction of sp³-hybridized carbons (Fsp3) is 0.680. The van der Waals surface area contributed by atoms with E-state index in [2.05, 4.69) is 68.7 Å². The maximum Gasteiger partial charge on any atom is 0.162 e. The van der Waals surface area contributed by atoms with Crippen LogP contribution in [0.1, 0.15) is 71.6 Å². The lowest BCUT2D eigenvalue weighted by Crippen LogP contribution is -2.39. The van der Waals surface area contributed by atoms with Gasteiger partial charge in [0.15, 0.2) is 8.07 Å². The average Bonchev–Trinajstić information content (AvgIpc) is 2.68. The van der Waals surface area contributed by atoms with Crippen LogP contribution in [0.25, 0.3) is 0 Å². The number of ether oxygens (including phenoxy) is 2. The van der Waals surface area contributed by atoms with Crippen LogP contribution in [0.3, 0.4) is 0 Å². The first-order valence-corrected chi connectivity index (χ1v) is 14.3. The molecule has 1 aromatic carbocycles. The van der Waals surface area contributed by atoms with Gasteiger partial charge >= 0.3 is 0 Å². The van der Waals surface area contributed by atoms with Gasteiger partial charge in [0, 0.05) is 13.0 Å². The molecular formula is C25H42O2Si. The fourth-order valence-electron chi connectivity index (χ4n) is 3.13. The van der Waals surface area contributed by atoms with Crippen LogP contribution in [0.4, 0.5) is 0 Å². The van der Waals surface area contributed by atoms with E-state index >= 15 is 0 Å². The Morgan fingerprint density at radius 3 is 2.04 bits per heavy atom. The predicted molar refractivity (Wildman–Crippen MR) is 125 cm³/mol. The molecule has 3 heteroatoms. The average molecular weight is 403 g/mol. The third-order valence-electron chi connectivity index (χ3n) is 4.92. The van der Waals surface area contributed by atoms with E-state index in [1.165, 1.54) is 56.6 Å². The van der Waals surface area contributed by atoms with Crippen molar-refractivity contribution < 1.29 is 9.47 Å². The van der Waals surface area contributed by atoms with E-state index in [0.29, 0.717) is 12.7 Å². The second-order valence-corrected chi connectivity index (χ2v) is 12.5. The summed E-state index contributed by atoms with van der Waals surface area (Å²) in [7, 11) is -1.57. The van der Waals surface area contributed by atoms with Crippen molar-refractivity contribution in [1.82, 2.24) is 0 Å². The van der Waals surface area contributed by atoms with E-state index in [4.69, 9.17) is 9.47 Å². The van der Waals surface area contributed by atoms with Crippen LogP contribution >= 0.6 is 0 Å². The summed E-state index contributed by atoms with van der Waals surface area (Å²) in [6.45, 7) is 11.1. The topological polar surface area (TPSA) is 18.5 Å². The molecule has 0 radical (unpaired) electrons. The molecule has 0 aromatic heterocycles. The van der Waals surface area contributed by atoms with Gasteiger partial charge in [0.25, 0.3) is 0 Å². The summed E-state index contributed by atoms with van der Waals surface area (Å²) >= 11 is 0. The summed E-state index contributed by atoms with van der Waals surface area (Å²) in [5.74, 6) is 3.46. The highest BCUT2D eigenvalue weighted by Crippen LogP contribution is 2.10. The number of benzene rings is 1. The fourth-order valence-corrected chi connectivity index (χ4v) is 4.87. The molecule has 0 aliphatic rings. The van der Waals surface area contributed by atoms with E-state index in [1.807, 2.05) is 0 Å². The van der Waals surface area contributed by atoms with Gasteiger partial charge in [0.2, 0.25) is 0 Å². The lowest BCUT2D eigenvalue weighted by molar-refractivity contribution is 0.0186. The molecule has 0 bridgehead atoms. The SMILES string of the molecule is CC(C)OCCOCCCCCCCCCCC#C[Si](C)(C)c1ccccc1. The van der Waals surface area contributed by atoms with Crippen molar-refractivity contribution in [1.29, 1.82) is 0 Å². The third-order valence-corrected chi connectivity index (χ3v) is 7.49. The molecule has 0 N–H and O–H groups in total. The van der Waals surface area contributed by atoms with Gasteiger partial charge in [-0.15, -0.1) is 11.5 Å². The number of hydrogen-bond acceptors (Lipinski definition) is 2. The van der Waals surface area contributed by atoms with Gasteiger partial charge in [-0.2, -0.15) is 0 Å². The second kappa shape index (κ2) is 15.8. The first-order chi connectivity index (χ1) is 13.5. The number of rotatable bonds is 15. The zero-order chi connectivity index (χ0) is 20.5. The molecule has 0 aliphatic carbocycles. The maximum absolute atomic E-state index is 5.58. The maximum atomic E-state index is 5.58. The quantitative estimate of drug-likeness (QED) is 0.200. The van der Waals surface area contributed by atoms with Crippen molar-refractivity contribution in [3.8, 4) is 11.5 Å². The molecule has 1 rings (SSSR count). The molecule has 0 heterocycles.